The summed E-state index contributed by atoms with van der Waals surface area (Å²) in [6.07, 6.45) is 2.28. The molecule has 1 aliphatic rings. The quantitative estimate of drug-likeness (QED) is 0.927. The normalized spacial score (nSPS) is 15.7. The van der Waals surface area contributed by atoms with Crippen molar-refractivity contribution in [3.8, 4) is 0 Å². The Labute approximate surface area is 119 Å². The van der Waals surface area contributed by atoms with Crippen LogP contribution >= 0.6 is 12.4 Å². The van der Waals surface area contributed by atoms with Crippen molar-refractivity contribution < 1.29 is 9.18 Å². The number of benzene rings is 1. The van der Waals surface area contributed by atoms with Gasteiger partial charge in [0, 0.05) is 18.2 Å². The summed E-state index contributed by atoms with van der Waals surface area (Å²) < 4.78 is 13.3. The van der Waals surface area contributed by atoms with Gasteiger partial charge in [-0.15, -0.1) is 12.4 Å². The van der Waals surface area contributed by atoms with E-state index in [-0.39, 0.29) is 30.2 Å². The van der Waals surface area contributed by atoms with E-state index in [1.165, 1.54) is 12.1 Å². The van der Waals surface area contributed by atoms with Gasteiger partial charge in [-0.1, -0.05) is 13.0 Å². The Morgan fingerprint density at radius 2 is 2.11 bits per heavy atom. The highest BCUT2D eigenvalue weighted by atomic mass is 35.5. The molecule has 2 rings (SSSR count). The van der Waals surface area contributed by atoms with Gasteiger partial charge in [0.1, 0.15) is 5.82 Å². The molecule has 0 aliphatic carbocycles. The number of rotatable bonds is 3. The second kappa shape index (κ2) is 7.46. The SMILES string of the molecule is CCC(=O)N(c1cccc(F)c1)C1CCNCC1.Cl. The fraction of sp³-hybridized carbons (Fsp3) is 0.500. The molecule has 0 saturated carbocycles. The molecule has 0 atom stereocenters. The van der Waals surface area contributed by atoms with E-state index in [1.807, 2.05) is 6.92 Å². The predicted octanol–water partition coefficient (Wildman–Crippen LogP) is 2.74. The maximum Gasteiger partial charge on any atom is 0.226 e. The minimum Gasteiger partial charge on any atom is -0.317 e. The van der Waals surface area contributed by atoms with Crippen molar-refractivity contribution in [1.29, 1.82) is 0 Å². The summed E-state index contributed by atoms with van der Waals surface area (Å²) in [6, 6.07) is 6.48. The molecule has 0 bridgehead atoms. The van der Waals surface area contributed by atoms with Gasteiger partial charge in [0.2, 0.25) is 5.91 Å². The van der Waals surface area contributed by atoms with Crippen molar-refractivity contribution in [3.05, 3.63) is 30.1 Å². The van der Waals surface area contributed by atoms with Crippen LogP contribution in [0.1, 0.15) is 26.2 Å². The average Bonchev–Trinajstić information content (AvgIpc) is 2.40. The summed E-state index contributed by atoms with van der Waals surface area (Å²) in [5.74, 6) is -0.233. The largest absolute Gasteiger partial charge is 0.317 e. The highest BCUT2D eigenvalue weighted by Crippen LogP contribution is 2.23. The zero-order valence-corrected chi connectivity index (χ0v) is 11.9. The van der Waals surface area contributed by atoms with E-state index in [1.54, 1.807) is 17.0 Å². The summed E-state index contributed by atoms with van der Waals surface area (Å²) in [5, 5.41) is 3.28. The molecule has 0 radical (unpaired) electrons. The van der Waals surface area contributed by atoms with Crippen LogP contribution in [0, 0.1) is 5.82 Å². The summed E-state index contributed by atoms with van der Waals surface area (Å²) in [5.41, 5.74) is 0.675. The van der Waals surface area contributed by atoms with Crippen LogP contribution in [-0.2, 0) is 4.79 Å². The first-order chi connectivity index (χ1) is 8.72. The van der Waals surface area contributed by atoms with Gasteiger partial charge in [0.15, 0.2) is 0 Å². The molecule has 0 spiro atoms. The molecule has 0 aromatic heterocycles. The molecule has 1 aromatic carbocycles. The smallest absolute Gasteiger partial charge is 0.226 e. The van der Waals surface area contributed by atoms with Gasteiger partial charge in [-0.25, -0.2) is 4.39 Å². The molecule has 1 aliphatic heterocycles. The van der Waals surface area contributed by atoms with Crippen molar-refractivity contribution in [2.24, 2.45) is 0 Å². The molecule has 1 N–H and O–H groups in total. The van der Waals surface area contributed by atoms with Crippen LogP contribution in [0.2, 0.25) is 0 Å². The highest BCUT2D eigenvalue weighted by molar-refractivity contribution is 5.93. The van der Waals surface area contributed by atoms with E-state index >= 15 is 0 Å². The first kappa shape index (κ1) is 15.9. The number of piperidine rings is 1. The Morgan fingerprint density at radius 3 is 2.68 bits per heavy atom. The number of anilines is 1. The fourth-order valence-electron chi connectivity index (χ4n) is 2.42. The van der Waals surface area contributed by atoms with Crippen molar-refractivity contribution >= 4 is 24.0 Å². The van der Waals surface area contributed by atoms with Gasteiger partial charge in [-0.05, 0) is 44.1 Å². The third-order valence-electron chi connectivity index (χ3n) is 3.33. The number of hydrogen-bond donors (Lipinski definition) is 1. The lowest BCUT2D eigenvalue weighted by molar-refractivity contribution is -0.118. The average molecular weight is 287 g/mol. The second-order valence-electron chi connectivity index (χ2n) is 4.58. The molecule has 1 amide bonds. The summed E-state index contributed by atoms with van der Waals surface area (Å²) in [6.45, 7) is 3.66. The number of nitrogens with zero attached hydrogens (tertiary/aromatic N) is 1. The van der Waals surface area contributed by atoms with E-state index in [0.717, 1.165) is 25.9 Å². The standard InChI is InChI=1S/C14H19FN2O.ClH/c1-2-14(18)17(12-6-8-16-9-7-12)13-5-3-4-11(15)10-13;/h3-5,10,12,16H,2,6-9H2,1H3;1H. The zero-order chi connectivity index (χ0) is 13.0. The maximum atomic E-state index is 13.3. The van der Waals surface area contributed by atoms with Crippen molar-refractivity contribution in [2.75, 3.05) is 18.0 Å². The zero-order valence-electron chi connectivity index (χ0n) is 11.1. The summed E-state index contributed by atoms with van der Waals surface area (Å²) in [7, 11) is 0. The number of nitrogens with one attached hydrogen (secondary N) is 1. The minimum atomic E-state index is -0.296. The van der Waals surface area contributed by atoms with Crippen molar-refractivity contribution in [3.63, 3.8) is 0 Å². The van der Waals surface area contributed by atoms with Crippen molar-refractivity contribution in [2.45, 2.75) is 32.2 Å². The van der Waals surface area contributed by atoms with Crippen LogP contribution < -0.4 is 10.2 Å². The highest BCUT2D eigenvalue weighted by Gasteiger charge is 2.25. The number of carbonyl (C=O) groups excluding carboxylic acids is 1. The lowest BCUT2D eigenvalue weighted by Gasteiger charge is -2.34. The summed E-state index contributed by atoms with van der Waals surface area (Å²) >= 11 is 0. The fourth-order valence-corrected chi connectivity index (χ4v) is 2.42. The number of hydrogen-bond acceptors (Lipinski definition) is 2. The van der Waals surface area contributed by atoms with Crippen LogP contribution in [0.5, 0.6) is 0 Å². The van der Waals surface area contributed by atoms with Gasteiger partial charge in [-0.3, -0.25) is 4.79 Å². The van der Waals surface area contributed by atoms with E-state index in [4.69, 9.17) is 0 Å². The second-order valence-corrected chi connectivity index (χ2v) is 4.58. The first-order valence-corrected chi connectivity index (χ1v) is 6.50. The molecule has 0 unspecified atom stereocenters. The van der Waals surface area contributed by atoms with Gasteiger partial charge < -0.3 is 10.2 Å². The number of carbonyl (C=O) groups is 1. The molecule has 106 valence electrons. The number of halogens is 2. The number of amides is 1. The third-order valence-corrected chi connectivity index (χ3v) is 3.33. The predicted molar refractivity (Wildman–Crippen MR) is 77.3 cm³/mol. The lowest BCUT2D eigenvalue weighted by Crippen LogP contribution is -2.46. The Morgan fingerprint density at radius 1 is 1.42 bits per heavy atom. The van der Waals surface area contributed by atoms with Crippen LogP contribution in [0.4, 0.5) is 10.1 Å². The molecule has 1 fully saturated rings. The molecule has 1 heterocycles. The first-order valence-electron chi connectivity index (χ1n) is 6.50. The molecule has 19 heavy (non-hydrogen) atoms. The third kappa shape index (κ3) is 3.91. The van der Waals surface area contributed by atoms with E-state index in [9.17, 15) is 9.18 Å². The monoisotopic (exact) mass is 286 g/mol. The van der Waals surface area contributed by atoms with E-state index in [0.29, 0.717) is 12.1 Å². The van der Waals surface area contributed by atoms with E-state index in [2.05, 4.69) is 5.32 Å². The van der Waals surface area contributed by atoms with Gasteiger partial charge in [0.05, 0.1) is 0 Å². The Kier molecular flexibility index (Phi) is 6.25. The van der Waals surface area contributed by atoms with Crippen LogP contribution in [0.15, 0.2) is 24.3 Å². The van der Waals surface area contributed by atoms with Gasteiger partial charge in [0.25, 0.3) is 0 Å². The van der Waals surface area contributed by atoms with Gasteiger partial charge in [-0.2, -0.15) is 0 Å². The lowest BCUT2D eigenvalue weighted by atomic mass is 10.0. The van der Waals surface area contributed by atoms with Crippen LogP contribution in [0.25, 0.3) is 0 Å². The molecule has 1 aromatic rings. The maximum absolute atomic E-state index is 13.3. The Balaban J connectivity index is 0.00000180. The Hall–Kier alpha value is -1.13. The topological polar surface area (TPSA) is 32.3 Å². The van der Waals surface area contributed by atoms with Crippen LogP contribution in [-0.4, -0.2) is 25.0 Å². The van der Waals surface area contributed by atoms with Crippen molar-refractivity contribution in [1.82, 2.24) is 5.32 Å². The Bertz CT molecular complexity index is 422. The van der Waals surface area contributed by atoms with Gasteiger partial charge >= 0.3 is 0 Å². The summed E-state index contributed by atoms with van der Waals surface area (Å²) in [4.78, 5) is 13.9. The van der Waals surface area contributed by atoms with Crippen LogP contribution in [0.3, 0.4) is 0 Å². The molecular formula is C14H20ClFN2O. The van der Waals surface area contributed by atoms with E-state index < -0.39 is 0 Å². The molecule has 3 nitrogen and oxygen atoms in total. The minimum absolute atomic E-state index is 0. The molecule has 5 heteroatoms. The molecular weight excluding hydrogens is 267 g/mol. The molecule has 1 saturated heterocycles.